The molecular weight excluding hydrogens is 260 g/mol. The largest absolute Gasteiger partial charge is 0.309 e. The van der Waals surface area contributed by atoms with Crippen molar-refractivity contribution in [3.63, 3.8) is 0 Å². The highest BCUT2D eigenvalue weighted by Crippen LogP contribution is 2.31. The Morgan fingerprint density at radius 1 is 1.29 bits per heavy atom. The zero-order chi connectivity index (χ0) is 15.7. The summed E-state index contributed by atoms with van der Waals surface area (Å²) in [5, 5.41) is 13.2. The fraction of sp³-hybridized carbons (Fsp3) is 0.941. The fourth-order valence-electron chi connectivity index (χ4n) is 3.41. The highest BCUT2D eigenvalue weighted by molar-refractivity contribution is 5.11. The minimum atomic E-state index is -0.284. The van der Waals surface area contributed by atoms with Crippen LogP contribution in [0.25, 0.3) is 0 Å². The molecule has 4 heteroatoms. The molecule has 2 unspecified atom stereocenters. The van der Waals surface area contributed by atoms with Gasteiger partial charge in [-0.25, -0.2) is 0 Å². The van der Waals surface area contributed by atoms with Gasteiger partial charge < -0.3 is 9.80 Å². The normalized spacial score (nSPS) is 26.2. The van der Waals surface area contributed by atoms with Crippen LogP contribution in [0.15, 0.2) is 0 Å². The van der Waals surface area contributed by atoms with Gasteiger partial charge in [0.15, 0.2) is 0 Å². The maximum Gasteiger partial charge on any atom is 0.108 e. The Labute approximate surface area is 131 Å². The summed E-state index contributed by atoms with van der Waals surface area (Å²) in [6.45, 7) is 8.74. The third-order valence-electron chi connectivity index (χ3n) is 4.63. The van der Waals surface area contributed by atoms with Gasteiger partial charge in [0.25, 0.3) is 0 Å². The first kappa shape index (κ1) is 18.4. The average Bonchev–Trinajstić information content (AvgIpc) is 2.49. The van der Waals surface area contributed by atoms with Crippen molar-refractivity contribution in [1.82, 2.24) is 15.1 Å². The minimum Gasteiger partial charge on any atom is -0.309 e. The molecule has 0 aromatic rings. The molecule has 2 atom stereocenters. The third-order valence-corrected chi connectivity index (χ3v) is 4.63. The quantitative estimate of drug-likeness (QED) is 0.709. The zero-order valence-corrected chi connectivity index (χ0v) is 14.5. The van der Waals surface area contributed by atoms with E-state index in [1.54, 1.807) is 0 Å². The number of nitrogens with zero attached hydrogens (tertiary/aromatic N) is 3. The number of hydrogen-bond acceptors (Lipinski definition) is 4. The first-order chi connectivity index (χ1) is 10.1. The molecule has 0 spiro atoms. The summed E-state index contributed by atoms with van der Waals surface area (Å²) in [6, 6.07) is 3.15. The van der Waals surface area contributed by atoms with Crippen LogP contribution < -0.4 is 5.32 Å². The third kappa shape index (κ3) is 5.94. The lowest BCUT2D eigenvalue weighted by Crippen LogP contribution is -2.53. The van der Waals surface area contributed by atoms with E-state index < -0.39 is 0 Å². The van der Waals surface area contributed by atoms with Gasteiger partial charge in [-0.05, 0) is 78.8 Å². The molecule has 1 fully saturated rings. The molecule has 0 bridgehead atoms. The fourth-order valence-corrected chi connectivity index (χ4v) is 3.41. The molecule has 4 nitrogen and oxygen atoms in total. The molecule has 122 valence electrons. The lowest BCUT2D eigenvalue weighted by Gasteiger charge is -2.41. The second-order valence-electron chi connectivity index (χ2n) is 6.66. The predicted molar refractivity (Wildman–Crippen MR) is 89.3 cm³/mol. The molecule has 1 aliphatic carbocycles. The summed E-state index contributed by atoms with van der Waals surface area (Å²) < 4.78 is 0. The van der Waals surface area contributed by atoms with Crippen LogP contribution in [0.5, 0.6) is 0 Å². The lowest BCUT2D eigenvalue weighted by molar-refractivity contribution is 0.121. The maximum absolute atomic E-state index is 9.65. The highest BCUT2D eigenvalue weighted by atomic mass is 15.2. The van der Waals surface area contributed by atoms with E-state index in [0.717, 1.165) is 45.4 Å². The van der Waals surface area contributed by atoms with Gasteiger partial charge in [-0.15, -0.1) is 0 Å². The van der Waals surface area contributed by atoms with E-state index in [1.165, 1.54) is 19.3 Å². The molecule has 1 N–H and O–H groups in total. The van der Waals surface area contributed by atoms with Crippen molar-refractivity contribution < 1.29 is 0 Å². The standard InChI is InChI=1S/C17H34N4/c1-5-11-19-17(15-18)10-7-9-16(14-17)21(6-2)13-8-12-20(3)4/h16,19H,5-14H2,1-4H3. The van der Waals surface area contributed by atoms with Crippen LogP contribution in [0, 0.1) is 11.3 Å². The molecule has 21 heavy (non-hydrogen) atoms. The Morgan fingerprint density at radius 3 is 2.62 bits per heavy atom. The zero-order valence-electron chi connectivity index (χ0n) is 14.5. The molecule has 0 aromatic heterocycles. The number of nitriles is 1. The molecule has 0 aromatic carbocycles. The molecule has 1 rings (SSSR count). The van der Waals surface area contributed by atoms with Gasteiger partial charge in [-0.2, -0.15) is 5.26 Å². The first-order valence-corrected chi connectivity index (χ1v) is 8.62. The Hall–Kier alpha value is -0.630. The van der Waals surface area contributed by atoms with Gasteiger partial charge >= 0.3 is 0 Å². The Morgan fingerprint density at radius 2 is 2.05 bits per heavy atom. The topological polar surface area (TPSA) is 42.3 Å². The summed E-state index contributed by atoms with van der Waals surface area (Å²) in [7, 11) is 4.26. The first-order valence-electron chi connectivity index (χ1n) is 8.62. The summed E-state index contributed by atoms with van der Waals surface area (Å²) in [5.41, 5.74) is -0.284. The average molecular weight is 294 g/mol. The predicted octanol–water partition coefficient (Wildman–Crippen LogP) is 2.46. The van der Waals surface area contributed by atoms with Crippen molar-refractivity contribution in [3.05, 3.63) is 0 Å². The number of nitrogens with one attached hydrogen (secondary N) is 1. The van der Waals surface area contributed by atoms with E-state index in [4.69, 9.17) is 0 Å². The molecule has 0 aliphatic heterocycles. The van der Waals surface area contributed by atoms with Gasteiger partial charge in [-0.1, -0.05) is 13.8 Å². The summed E-state index contributed by atoms with van der Waals surface area (Å²) >= 11 is 0. The Bertz CT molecular complexity index is 323. The molecule has 1 aliphatic rings. The number of hydrogen-bond donors (Lipinski definition) is 1. The van der Waals surface area contributed by atoms with Crippen molar-refractivity contribution in [2.45, 2.75) is 64.0 Å². The van der Waals surface area contributed by atoms with E-state index in [2.05, 4.69) is 49.1 Å². The van der Waals surface area contributed by atoms with Crippen LogP contribution in [0.2, 0.25) is 0 Å². The van der Waals surface area contributed by atoms with Crippen molar-refractivity contribution in [2.75, 3.05) is 40.3 Å². The molecular formula is C17H34N4. The van der Waals surface area contributed by atoms with Crippen molar-refractivity contribution in [3.8, 4) is 6.07 Å². The molecule has 0 amide bonds. The van der Waals surface area contributed by atoms with Crippen LogP contribution in [0.1, 0.15) is 52.4 Å². The summed E-state index contributed by atoms with van der Waals surface area (Å²) in [4.78, 5) is 4.83. The second-order valence-corrected chi connectivity index (χ2v) is 6.66. The number of rotatable bonds is 9. The van der Waals surface area contributed by atoms with Gasteiger partial charge in [0.1, 0.15) is 5.54 Å². The van der Waals surface area contributed by atoms with E-state index in [0.29, 0.717) is 6.04 Å². The van der Waals surface area contributed by atoms with Crippen LogP contribution in [0.4, 0.5) is 0 Å². The Balaban J connectivity index is 2.57. The monoisotopic (exact) mass is 294 g/mol. The molecule has 0 saturated heterocycles. The van der Waals surface area contributed by atoms with Crippen LogP contribution in [-0.2, 0) is 0 Å². The molecule has 1 saturated carbocycles. The smallest absolute Gasteiger partial charge is 0.108 e. The molecule has 0 heterocycles. The lowest BCUT2D eigenvalue weighted by atomic mass is 9.79. The van der Waals surface area contributed by atoms with Crippen LogP contribution >= 0.6 is 0 Å². The molecule has 0 radical (unpaired) electrons. The van der Waals surface area contributed by atoms with Gasteiger partial charge in [0, 0.05) is 6.04 Å². The summed E-state index contributed by atoms with van der Waals surface area (Å²) in [6.07, 6.45) is 6.70. The van der Waals surface area contributed by atoms with Gasteiger partial charge in [-0.3, -0.25) is 5.32 Å². The minimum absolute atomic E-state index is 0.284. The van der Waals surface area contributed by atoms with Crippen LogP contribution in [0.3, 0.4) is 0 Å². The maximum atomic E-state index is 9.65. The van der Waals surface area contributed by atoms with E-state index in [-0.39, 0.29) is 5.54 Å². The highest BCUT2D eigenvalue weighted by Gasteiger charge is 2.37. The SMILES string of the molecule is CCCNC1(C#N)CCCC(N(CC)CCCN(C)C)C1. The second kappa shape index (κ2) is 9.40. The van der Waals surface area contributed by atoms with Gasteiger partial charge in [0.2, 0.25) is 0 Å². The van der Waals surface area contributed by atoms with E-state index in [9.17, 15) is 5.26 Å². The van der Waals surface area contributed by atoms with Gasteiger partial charge in [0.05, 0.1) is 6.07 Å². The van der Waals surface area contributed by atoms with Crippen LogP contribution in [-0.4, -0.2) is 61.7 Å². The van der Waals surface area contributed by atoms with E-state index >= 15 is 0 Å². The van der Waals surface area contributed by atoms with Crippen molar-refractivity contribution >= 4 is 0 Å². The van der Waals surface area contributed by atoms with E-state index in [1.807, 2.05) is 0 Å². The van der Waals surface area contributed by atoms with Crippen molar-refractivity contribution in [2.24, 2.45) is 0 Å². The summed E-state index contributed by atoms with van der Waals surface area (Å²) in [5.74, 6) is 0. The van der Waals surface area contributed by atoms with Crippen molar-refractivity contribution in [1.29, 1.82) is 5.26 Å². The Kier molecular flexibility index (Phi) is 8.24.